The summed E-state index contributed by atoms with van der Waals surface area (Å²) in [6.45, 7) is 0. The molecule has 1 heterocycles. The van der Waals surface area contributed by atoms with Gasteiger partial charge in [-0.1, -0.05) is 17.7 Å². The fourth-order valence-corrected chi connectivity index (χ4v) is 3.01. The number of halogens is 1. The molecule has 0 bridgehead atoms. The molecule has 2 aromatic rings. The quantitative estimate of drug-likeness (QED) is 0.701. The van der Waals surface area contributed by atoms with Gasteiger partial charge in [0.25, 0.3) is 0 Å². The molecule has 1 aliphatic carbocycles. The Balaban J connectivity index is 2.19. The lowest BCUT2D eigenvalue weighted by atomic mass is 10.1. The first-order valence-electron chi connectivity index (χ1n) is 4.74. The maximum absolute atomic E-state index is 5.99. The molecule has 76 valence electrons. The molecule has 0 saturated heterocycles. The summed E-state index contributed by atoms with van der Waals surface area (Å²) in [4.78, 5) is 5.87. The average Bonchev–Trinajstić information content (AvgIpc) is 2.75. The van der Waals surface area contributed by atoms with Crippen molar-refractivity contribution in [2.45, 2.75) is 6.42 Å². The van der Waals surface area contributed by atoms with E-state index in [2.05, 4.69) is 16.4 Å². The van der Waals surface area contributed by atoms with Gasteiger partial charge in [-0.05, 0) is 17.7 Å². The van der Waals surface area contributed by atoms with Crippen LogP contribution >= 0.6 is 22.9 Å². The molecule has 0 fully saturated rings. The molecule has 15 heavy (non-hydrogen) atoms. The zero-order chi connectivity index (χ0) is 10.4. The first-order chi connectivity index (χ1) is 7.28. The van der Waals surface area contributed by atoms with Crippen LogP contribution in [0.25, 0.3) is 11.3 Å². The van der Waals surface area contributed by atoms with Crippen LogP contribution in [0.3, 0.4) is 0 Å². The van der Waals surface area contributed by atoms with Gasteiger partial charge in [-0.3, -0.25) is 0 Å². The van der Waals surface area contributed by atoms with E-state index in [9.17, 15) is 0 Å². The van der Waals surface area contributed by atoms with Crippen LogP contribution in [0.4, 0.5) is 5.13 Å². The number of aromatic nitrogens is 1. The minimum atomic E-state index is 0.778. The molecule has 1 aromatic carbocycles. The van der Waals surface area contributed by atoms with Crippen LogP contribution in [-0.4, -0.2) is 12.0 Å². The number of nitrogens with zero attached hydrogens (tertiary/aromatic N) is 1. The van der Waals surface area contributed by atoms with Crippen LogP contribution in [0.1, 0.15) is 10.4 Å². The first kappa shape index (κ1) is 9.19. The van der Waals surface area contributed by atoms with Crippen LogP contribution in [0.15, 0.2) is 18.2 Å². The largest absolute Gasteiger partial charge is 0.365 e. The number of rotatable bonds is 1. The van der Waals surface area contributed by atoms with E-state index >= 15 is 0 Å². The molecule has 0 unspecified atom stereocenters. The molecule has 0 spiro atoms. The number of fused-ring (bicyclic) bond motifs is 3. The fraction of sp³-hybridized carbons (Fsp3) is 0.182. The molecule has 2 nitrogen and oxygen atoms in total. The van der Waals surface area contributed by atoms with Crippen molar-refractivity contribution in [3.8, 4) is 11.3 Å². The van der Waals surface area contributed by atoms with E-state index in [1.165, 1.54) is 16.0 Å². The van der Waals surface area contributed by atoms with Gasteiger partial charge in [-0.15, -0.1) is 11.3 Å². The Morgan fingerprint density at radius 1 is 1.47 bits per heavy atom. The zero-order valence-electron chi connectivity index (χ0n) is 8.17. The highest BCUT2D eigenvalue weighted by Gasteiger charge is 2.22. The maximum atomic E-state index is 5.99. The topological polar surface area (TPSA) is 24.9 Å². The molecule has 1 aromatic heterocycles. The van der Waals surface area contributed by atoms with Gasteiger partial charge in [-0.2, -0.15) is 0 Å². The lowest BCUT2D eigenvalue weighted by Crippen LogP contribution is -1.86. The first-order valence-corrected chi connectivity index (χ1v) is 5.93. The smallest absolute Gasteiger partial charge is 0.183 e. The summed E-state index contributed by atoms with van der Waals surface area (Å²) in [6, 6.07) is 6.03. The summed E-state index contributed by atoms with van der Waals surface area (Å²) in [6.07, 6.45) is 0.987. The highest BCUT2D eigenvalue weighted by atomic mass is 35.5. The summed E-state index contributed by atoms with van der Waals surface area (Å²) >= 11 is 7.71. The fourth-order valence-electron chi connectivity index (χ4n) is 1.89. The standard InChI is InChI=1S/C11H9ClN2S/c1-13-11-14-10-8-5-7(12)3-2-6(8)4-9(10)15-11/h2-3,5H,4H2,1H3,(H,13,14). The van der Waals surface area contributed by atoms with Crippen molar-refractivity contribution >= 4 is 28.1 Å². The van der Waals surface area contributed by atoms with Crippen molar-refractivity contribution in [2.24, 2.45) is 0 Å². The lowest BCUT2D eigenvalue weighted by Gasteiger charge is -1.99. The van der Waals surface area contributed by atoms with E-state index in [-0.39, 0.29) is 0 Å². The lowest BCUT2D eigenvalue weighted by molar-refractivity contribution is 1.31. The van der Waals surface area contributed by atoms with Gasteiger partial charge in [0.2, 0.25) is 0 Å². The minimum Gasteiger partial charge on any atom is -0.365 e. The van der Waals surface area contributed by atoms with Gasteiger partial charge < -0.3 is 5.32 Å². The number of hydrogen-bond donors (Lipinski definition) is 1. The molecule has 0 atom stereocenters. The van der Waals surface area contributed by atoms with Crippen LogP contribution in [0.2, 0.25) is 5.02 Å². The molecular weight excluding hydrogens is 228 g/mol. The summed E-state index contributed by atoms with van der Waals surface area (Å²) in [5.74, 6) is 0. The monoisotopic (exact) mass is 236 g/mol. The van der Waals surface area contributed by atoms with Gasteiger partial charge in [0.05, 0.1) is 5.69 Å². The third-order valence-electron chi connectivity index (χ3n) is 2.59. The Morgan fingerprint density at radius 3 is 3.13 bits per heavy atom. The SMILES string of the molecule is CNc1nc2c(s1)Cc1ccc(Cl)cc1-2. The Labute approximate surface area is 96.9 Å². The molecule has 0 saturated carbocycles. The van der Waals surface area contributed by atoms with Gasteiger partial charge in [0.15, 0.2) is 5.13 Å². The van der Waals surface area contributed by atoms with Gasteiger partial charge in [0.1, 0.15) is 0 Å². The van der Waals surface area contributed by atoms with Gasteiger partial charge in [-0.25, -0.2) is 4.98 Å². The summed E-state index contributed by atoms with van der Waals surface area (Å²) in [5, 5.41) is 4.83. The third-order valence-corrected chi connectivity index (χ3v) is 3.90. The number of nitrogens with one attached hydrogen (secondary N) is 1. The molecule has 4 heteroatoms. The highest BCUT2D eigenvalue weighted by molar-refractivity contribution is 7.16. The Kier molecular flexibility index (Phi) is 1.97. The Bertz CT molecular complexity index is 533. The van der Waals surface area contributed by atoms with Crippen molar-refractivity contribution in [2.75, 3.05) is 12.4 Å². The predicted molar refractivity (Wildman–Crippen MR) is 64.9 cm³/mol. The molecule has 1 aliphatic rings. The van der Waals surface area contributed by atoms with Crippen LogP contribution in [0, 0.1) is 0 Å². The summed E-state index contributed by atoms with van der Waals surface area (Å²) < 4.78 is 0. The number of thiazole rings is 1. The average molecular weight is 237 g/mol. The second-order valence-corrected chi connectivity index (χ2v) is 5.04. The van der Waals surface area contributed by atoms with Crippen LogP contribution in [0.5, 0.6) is 0 Å². The van der Waals surface area contributed by atoms with Crippen molar-refractivity contribution in [1.82, 2.24) is 4.98 Å². The molecular formula is C11H9ClN2S. The van der Waals surface area contributed by atoms with E-state index in [1.807, 2.05) is 19.2 Å². The van der Waals surface area contributed by atoms with Crippen molar-refractivity contribution < 1.29 is 0 Å². The van der Waals surface area contributed by atoms with Gasteiger partial charge >= 0.3 is 0 Å². The second-order valence-electron chi connectivity index (χ2n) is 3.52. The number of benzene rings is 1. The van der Waals surface area contributed by atoms with Gasteiger partial charge in [0, 0.05) is 28.9 Å². The zero-order valence-corrected chi connectivity index (χ0v) is 9.75. The normalized spacial score (nSPS) is 12.4. The van der Waals surface area contributed by atoms with E-state index in [0.717, 1.165) is 22.3 Å². The summed E-state index contributed by atoms with van der Waals surface area (Å²) in [5.41, 5.74) is 3.62. The number of anilines is 1. The maximum Gasteiger partial charge on any atom is 0.183 e. The molecule has 1 N–H and O–H groups in total. The predicted octanol–water partition coefficient (Wildman–Crippen LogP) is 3.41. The van der Waals surface area contributed by atoms with E-state index < -0.39 is 0 Å². The number of hydrogen-bond acceptors (Lipinski definition) is 3. The Morgan fingerprint density at radius 2 is 2.33 bits per heavy atom. The minimum absolute atomic E-state index is 0.778. The van der Waals surface area contributed by atoms with E-state index in [1.54, 1.807) is 11.3 Å². The second kappa shape index (κ2) is 3.22. The van der Waals surface area contributed by atoms with E-state index in [4.69, 9.17) is 11.6 Å². The van der Waals surface area contributed by atoms with Crippen molar-refractivity contribution in [1.29, 1.82) is 0 Å². The van der Waals surface area contributed by atoms with Crippen LogP contribution in [-0.2, 0) is 6.42 Å². The Hall–Kier alpha value is -1.06. The van der Waals surface area contributed by atoms with Crippen molar-refractivity contribution in [3.05, 3.63) is 33.7 Å². The molecule has 0 aliphatic heterocycles. The highest BCUT2D eigenvalue weighted by Crippen LogP contribution is 2.41. The summed E-state index contributed by atoms with van der Waals surface area (Å²) in [7, 11) is 1.90. The third kappa shape index (κ3) is 1.34. The molecule has 0 radical (unpaired) electrons. The van der Waals surface area contributed by atoms with E-state index in [0.29, 0.717) is 0 Å². The van der Waals surface area contributed by atoms with Crippen molar-refractivity contribution in [3.63, 3.8) is 0 Å². The molecule has 3 rings (SSSR count). The van der Waals surface area contributed by atoms with Crippen LogP contribution < -0.4 is 5.32 Å². The molecule has 0 amide bonds.